The molecule has 0 aliphatic rings. The molecule has 1 nitrogen and oxygen atoms in total. The predicted octanol–water partition coefficient (Wildman–Crippen LogP) is 1.66. The Morgan fingerprint density at radius 2 is 1.90 bits per heavy atom. The Bertz CT molecular complexity index is 289. The zero-order chi connectivity index (χ0) is 7.56. The summed E-state index contributed by atoms with van der Waals surface area (Å²) in [5, 5.41) is 0. The number of hydrogen-bond acceptors (Lipinski definition) is 1. The third-order valence-electron chi connectivity index (χ3n) is 1.44. The van der Waals surface area contributed by atoms with Crippen molar-refractivity contribution in [1.82, 2.24) is 0 Å². The van der Waals surface area contributed by atoms with Gasteiger partial charge in [-0.25, -0.2) is 0 Å². The predicted molar refractivity (Wildman–Crippen MR) is 42.2 cm³/mol. The molecule has 0 spiro atoms. The Labute approximate surface area is 60.3 Å². The van der Waals surface area contributed by atoms with Crippen molar-refractivity contribution in [1.29, 1.82) is 0 Å². The number of aryl methyl sites for hydroxylation is 2. The maximum atomic E-state index is 11.0. The van der Waals surface area contributed by atoms with Crippen LogP contribution in [0.15, 0.2) is 29.1 Å². The van der Waals surface area contributed by atoms with Crippen LogP contribution in [-0.4, -0.2) is 0 Å². The van der Waals surface area contributed by atoms with E-state index in [0.717, 1.165) is 11.1 Å². The van der Waals surface area contributed by atoms with Gasteiger partial charge in [-0.2, -0.15) is 0 Å². The first-order chi connectivity index (χ1) is 4.70. The molecule has 0 radical (unpaired) electrons. The molecule has 1 aromatic carbocycles. The topological polar surface area (TPSA) is 17.1 Å². The third kappa shape index (κ3) is 1.44. The standard InChI is InChI=1S/C9H10O/c1-7-4-3-5-9(10)8(2)6-7/h3-6H,1-2H3. The fourth-order valence-electron chi connectivity index (χ4n) is 0.879. The lowest BCUT2D eigenvalue weighted by atomic mass is 10.2. The monoisotopic (exact) mass is 134 g/mol. The van der Waals surface area contributed by atoms with Crippen LogP contribution >= 0.6 is 0 Å². The number of hydrogen-bond donors (Lipinski definition) is 0. The molecule has 0 saturated carbocycles. The summed E-state index contributed by atoms with van der Waals surface area (Å²) in [6.45, 7) is 3.81. The first-order valence-corrected chi connectivity index (χ1v) is 3.28. The molecule has 0 N–H and O–H groups in total. The van der Waals surface area contributed by atoms with Crippen molar-refractivity contribution in [2.45, 2.75) is 13.8 Å². The average molecular weight is 134 g/mol. The van der Waals surface area contributed by atoms with Gasteiger partial charge in [0.05, 0.1) is 0 Å². The van der Waals surface area contributed by atoms with E-state index in [1.54, 1.807) is 12.1 Å². The molecule has 0 bridgehead atoms. The lowest BCUT2D eigenvalue weighted by Gasteiger charge is -1.81. The fraction of sp³-hybridized carbons (Fsp3) is 0.222. The highest BCUT2D eigenvalue weighted by Gasteiger charge is 1.87. The van der Waals surface area contributed by atoms with Crippen LogP contribution in [0.1, 0.15) is 11.1 Å². The SMILES string of the molecule is Cc1cccc(=O)c(C)c1. The minimum absolute atomic E-state index is 0.105. The highest BCUT2D eigenvalue weighted by molar-refractivity contribution is 5.19. The summed E-state index contributed by atoms with van der Waals surface area (Å²) >= 11 is 0. The normalized spacial score (nSPS) is 9.40. The average Bonchev–Trinajstić information content (AvgIpc) is 1.96. The molecule has 0 heterocycles. The zero-order valence-corrected chi connectivity index (χ0v) is 6.22. The summed E-state index contributed by atoms with van der Waals surface area (Å²) in [7, 11) is 0. The van der Waals surface area contributed by atoms with Crippen LogP contribution in [0.5, 0.6) is 0 Å². The summed E-state index contributed by atoms with van der Waals surface area (Å²) in [5.74, 6) is 0. The maximum Gasteiger partial charge on any atom is 0.181 e. The van der Waals surface area contributed by atoms with E-state index in [0.29, 0.717) is 0 Å². The highest BCUT2D eigenvalue weighted by atomic mass is 16.1. The van der Waals surface area contributed by atoms with Crippen molar-refractivity contribution in [3.8, 4) is 0 Å². The molecule has 1 heteroatoms. The van der Waals surface area contributed by atoms with E-state index < -0.39 is 0 Å². The molecule has 0 aromatic heterocycles. The van der Waals surface area contributed by atoms with E-state index in [2.05, 4.69) is 0 Å². The van der Waals surface area contributed by atoms with E-state index in [1.165, 1.54) is 0 Å². The van der Waals surface area contributed by atoms with Gasteiger partial charge in [0.15, 0.2) is 5.43 Å². The molecule has 0 unspecified atom stereocenters. The molecular weight excluding hydrogens is 124 g/mol. The van der Waals surface area contributed by atoms with Crippen molar-refractivity contribution in [2.75, 3.05) is 0 Å². The molecule has 10 heavy (non-hydrogen) atoms. The van der Waals surface area contributed by atoms with Gasteiger partial charge in [-0.1, -0.05) is 23.8 Å². The third-order valence-corrected chi connectivity index (χ3v) is 1.44. The molecule has 0 aliphatic carbocycles. The first kappa shape index (κ1) is 7.00. The van der Waals surface area contributed by atoms with E-state index in [4.69, 9.17) is 0 Å². The van der Waals surface area contributed by atoms with Crippen LogP contribution in [-0.2, 0) is 0 Å². The van der Waals surface area contributed by atoms with Crippen molar-refractivity contribution >= 4 is 0 Å². The van der Waals surface area contributed by atoms with Gasteiger partial charge in [0.2, 0.25) is 0 Å². The van der Waals surface area contributed by atoms with Crippen LogP contribution in [0, 0.1) is 13.8 Å². The van der Waals surface area contributed by atoms with Crippen LogP contribution in [0.25, 0.3) is 0 Å². The minimum Gasteiger partial charge on any atom is -0.290 e. The molecule has 1 aromatic rings. The van der Waals surface area contributed by atoms with Crippen molar-refractivity contribution in [2.24, 2.45) is 0 Å². The Morgan fingerprint density at radius 3 is 2.60 bits per heavy atom. The van der Waals surface area contributed by atoms with Crippen molar-refractivity contribution in [3.63, 3.8) is 0 Å². The quantitative estimate of drug-likeness (QED) is 0.527. The van der Waals surface area contributed by atoms with Gasteiger partial charge in [0.25, 0.3) is 0 Å². The minimum atomic E-state index is 0.105. The van der Waals surface area contributed by atoms with Crippen LogP contribution < -0.4 is 5.43 Å². The molecule has 52 valence electrons. The van der Waals surface area contributed by atoms with Gasteiger partial charge in [-0.3, -0.25) is 4.79 Å². The summed E-state index contributed by atoms with van der Waals surface area (Å²) in [4.78, 5) is 11.0. The molecule has 0 amide bonds. The molecule has 0 saturated heterocycles. The summed E-state index contributed by atoms with van der Waals surface area (Å²) in [5.41, 5.74) is 2.04. The van der Waals surface area contributed by atoms with Gasteiger partial charge >= 0.3 is 0 Å². The van der Waals surface area contributed by atoms with E-state index in [-0.39, 0.29) is 5.43 Å². The molecule has 0 aliphatic heterocycles. The molecule has 0 atom stereocenters. The van der Waals surface area contributed by atoms with Gasteiger partial charge in [-0.05, 0) is 25.5 Å². The maximum absolute atomic E-state index is 11.0. The lowest BCUT2D eigenvalue weighted by molar-refractivity contribution is 1.40. The Kier molecular flexibility index (Phi) is 1.86. The summed E-state index contributed by atoms with van der Waals surface area (Å²) in [6, 6.07) is 7.18. The molecule has 1 rings (SSSR count). The molecule has 0 fully saturated rings. The lowest BCUT2D eigenvalue weighted by Crippen LogP contribution is -1.96. The van der Waals surface area contributed by atoms with Gasteiger partial charge in [-0.15, -0.1) is 0 Å². The highest BCUT2D eigenvalue weighted by Crippen LogP contribution is 1.94. The van der Waals surface area contributed by atoms with Crippen LogP contribution in [0.2, 0.25) is 0 Å². The van der Waals surface area contributed by atoms with Crippen LogP contribution in [0.3, 0.4) is 0 Å². The second-order valence-electron chi connectivity index (χ2n) is 2.46. The summed E-state index contributed by atoms with van der Waals surface area (Å²) in [6.07, 6.45) is 0. The smallest absolute Gasteiger partial charge is 0.181 e. The first-order valence-electron chi connectivity index (χ1n) is 3.28. The van der Waals surface area contributed by atoms with Crippen molar-refractivity contribution in [3.05, 3.63) is 45.6 Å². The Balaban J connectivity index is 3.46. The largest absolute Gasteiger partial charge is 0.290 e. The van der Waals surface area contributed by atoms with E-state index in [1.807, 2.05) is 26.0 Å². The van der Waals surface area contributed by atoms with Gasteiger partial charge in [0.1, 0.15) is 0 Å². The van der Waals surface area contributed by atoms with E-state index in [9.17, 15) is 4.79 Å². The zero-order valence-electron chi connectivity index (χ0n) is 6.22. The Morgan fingerprint density at radius 1 is 1.20 bits per heavy atom. The van der Waals surface area contributed by atoms with E-state index >= 15 is 0 Å². The Hall–Kier alpha value is -1.11. The van der Waals surface area contributed by atoms with Gasteiger partial charge in [0, 0.05) is 0 Å². The second-order valence-corrected chi connectivity index (χ2v) is 2.46. The fourth-order valence-corrected chi connectivity index (χ4v) is 0.879. The van der Waals surface area contributed by atoms with Crippen molar-refractivity contribution < 1.29 is 0 Å². The number of rotatable bonds is 0. The van der Waals surface area contributed by atoms with Gasteiger partial charge < -0.3 is 0 Å². The summed E-state index contributed by atoms with van der Waals surface area (Å²) < 4.78 is 0. The van der Waals surface area contributed by atoms with Crippen LogP contribution in [0.4, 0.5) is 0 Å². The second kappa shape index (κ2) is 2.65. The molecular formula is C9H10O.